The van der Waals surface area contributed by atoms with E-state index in [0.717, 1.165) is 33.9 Å². The van der Waals surface area contributed by atoms with Gasteiger partial charge in [0.1, 0.15) is 0 Å². The number of nitrogen functional groups attached to an aromatic ring is 1. The molecule has 0 unspecified atom stereocenters. The molecule has 5 heteroatoms. The molecule has 0 aliphatic rings. The van der Waals surface area contributed by atoms with Crippen molar-refractivity contribution in [3.05, 3.63) is 77.7 Å². The first-order valence-electron chi connectivity index (χ1n) is 8.95. The summed E-state index contributed by atoms with van der Waals surface area (Å²) in [7, 11) is 0. The first kappa shape index (κ1) is 17.0. The summed E-state index contributed by atoms with van der Waals surface area (Å²) >= 11 is 0. The number of carbonyl (C=O) groups is 1. The number of aromatic nitrogens is 3. The van der Waals surface area contributed by atoms with Crippen LogP contribution in [-0.4, -0.2) is 21.0 Å². The molecular formula is C22H20N4O. The van der Waals surface area contributed by atoms with Gasteiger partial charge in [0.25, 0.3) is 0 Å². The summed E-state index contributed by atoms with van der Waals surface area (Å²) in [5, 5.41) is 9.29. The zero-order valence-corrected chi connectivity index (χ0v) is 15.1. The lowest BCUT2D eigenvalue weighted by atomic mass is 9.99. The van der Waals surface area contributed by atoms with Crippen LogP contribution in [0.15, 0.2) is 60.9 Å². The van der Waals surface area contributed by atoms with E-state index in [9.17, 15) is 4.79 Å². The average molecular weight is 356 g/mol. The summed E-state index contributed by atoms with van der Waals surface area (Å²) in [6.45, 7) is 2.07. The van der Waals surface area contributed by atoms with E-state index in [0.29, 0.717) is 11.4 Å². The minimum atomic E-state index is -0.106. The molecule has 4 aromatic rings. The first-order valence-corrected chi connectivity index (χ1v) is 8.95. The van der Waals surface area contributed by atoms with Crippen LogP contribution in [0, 0.1) is 0 Å². The maximum Gasteiger partial charge on any atom is 0.189 e. The van der Waals surface area contributed by atoms with Gasteiger partial charge >= 0.3 is 0 Å². The summed E-state index contributed by atoms with van der Waals surface area (Å²) < 4.78 is 0. The lowest BCUT2D eigenvalue weighted by Crippen LogP contribution is -2.07. The first-order chi connectivity index (χ1) is 13.2. The van der Waals surface area contributed by atoms with E-state index < -0.39 is 0 Å². The van der Waals surface area contributed by atoms with Crippen LogP contribution in [0.2, 0.25) is 0 Å². The van der Waals surface area contributed by atoms with E-state index in [1.54, 1.807) is 6.20 Å². The van der Waals surface area contributed by atoms with E-state index in [4.69, 9.17) is 5.73 Å². The Labute approximate surface area is 157 Å². The molecular weight excluding hydrogens is 336 g/mol. The number of anilines is 1. The third kappa shape index (κ3) is 3.19. The zero-order chi connectivity index (χ0) is 18.8. The number of nitrogens with one attached hydrogen (secondary N) is 1. The fourth-order valence-corrected chi connectivity index (χ4v) is 3.30. The van der Waals surface area contributed by atoms with E-state index in [-0.39, 0.29) is 17.9 Å². The Kier molecular flexibility index (Phi) is 4.42. The van der Waals surface area contributed by atoms with Gasteiger partial charge in [-0.1, -0.05) is 49.4 Å². The molecule has 0 aliphatic heterocycles. The molecule has 2 heterocycles. The third-order valence-electron chi connectivity index (χ3n) is 4.79. The third-order valence-corrected chi connectivity index (χ3v) is 4.79. The number of benzene rings is 2. The second-order valence-corrected chi connectivity index (χ2v) is 6.53. The second-order valence-electron chi connectivity index (χ2n) is 6.53. The van der Waals surface area contributed by atoms with Gasteiger partial charge in [-0.25, -0.2) is 0 Å². The van der Waals surface area contributed by atoms with E-state index in [2.05, 4.69) is 22.1 Å². The van der Waals surface area contributed by atoms with Crippen LogP contribution in [0.1, 0.15) is 28.5 Å². The normalized spacial score (nSPS) is 11.0. The number of rotatable bonds is 5. The summed E-state index contributed by atoms with van der Waals surface area (Å²) in [5.41, 5.74) is 10.4. The monoisotopic (exact) mass is 356 g/mol. The molecule has 0 bridgehead atoms. The molecule has 0 aliphatic carbocycles. The molecule has 0 spiro atoms. The maximum atomic E-state index is 12.9. The van der Waals surface area contributed by atoms with Crippen LogP contribution in [0.5, 0.6) is 0 Å². The highest BCUT2D eigenvalue weighted by atomic mass is 16.1. The van der Waals surface area contributed by atoms with Gasteiger partial charge in [-0.05, 0) is 34.4 Å². The highest BCUT2D eigenvalue weighted by Crippen LogP contribution is 2.28. The lowest BCUT2D eigenvalue weighted by molar-refractivity contribution is 0.0989. The van der Waals surface area contributed by atoms with Gasteiger partial charge in [-0.15, -0.1) is 0 Å². The van der Waals surface area contributed by atoms with Crippen LogP contribution in [0.25, 0.3) is 22.0 Å². The molecule has 2 aromatic carbocycles. The summed E-state index contributed by atoms with van der Waals surface area (Å²) in [5.74, 6) is -0.106. The number of nitrogens with two attached hydrogens (primary N) is 1. The quantitative estimate of drug-likeness (QED) is 0.525. The summed E-state index contributed by atoms with van der Waals surface area (Å²) in [6, 6.07) is 16.0. The number of fused-ring (bicyclic) bond motifs is 1. The Morgan fingerprint density at radius 1 is 1.11 bits per heavy atom. The molecule has 3 N–H and O–H groups in total. The molecule has 0 saturated carbocycles. The Hall–Kier alpha value is -3.47. The van der Waals surface area contributed by atoms with Crippen molar-refractivity contribution in [1.29, 1.82) is 0 Å². The van der Waals surface area contributed by atoms with Crippen LogP contribution >= 0.6 is 0 Å². The molecule has 0 atom stereocenters. The highest BCUT2D eigenvalue weighted by molar-refractivity contribution is 6.04. The largest absolute Gasteiger partial charge is 0.395 e. The molecule has 134 valence electrons. The Balaban J connectivity index is 1.66. The number of aromatic amines is 1. The Morgan fingerprint density at radius 2 is 1.93 bits per heavy atom. The molecule has 0 fully saturated rings. The number of hydrogen-bond donors (Lipinski definition) is 2. The number of carbonyl (C=O) groups excluding carboxylic acids is 1. The van der Waals surface area contributed by atoms with Crippen molar-refractivity contribution >= 4 is 22.2 Å². The lowest BCUT2D eigenvalue weighted by Gasteiger charge is -2.06. The fraction of sp³-hybridized carbons (Fsp3) is 0.136. The Morgan fingerprint density at radius 3 is 2.78 bits per heavy atom. The van der Waals surface area contributed by atoms with Crippen molar-refractivity contribution in [2.45, 2.75) is 19.8 Å². The number of H-pyrrole nitrogens is 1. The fourth-order valence-electron chi connectivity index (χ4n) is 3.30. The summed E-state index contributed by atoms with van der Waals surface area (Å²) in [6.07, 6.45) is 4.68. The SMILES string of the molecule is CCc1cncc(-c2[nH]nc(C(=O)Cc3cccc4ccccc34)c2N)c1. The molecule has 4 rings (SSSR count). The van der Waals surface area contributed by atoms with Crippen molar-refractivity contribution < 1.29 is 4.79 Å². The number of aryl methyl sites for hydroxylation is 1. The van der Waals surface area contributed by atoms with Crippen molar-refractivity contribution in [1.82, 2.24) is 15.2 Å². The van der Waals surface area contributed by atoms with E-state index in [1.807, 2.05) is 54.7 Å². The van der Waals surface area contributed by atoms with Crippen LogP contribution in [0.4, 0.5) is 5.69 Å². The van der Waals surface area contributed by atoms with Crippen molar-refractivity contribution in [2.75, 3.05) is 5.73 Å². The standard InChI is InChI=1S/C22H20N4O/c1-2-14-10-17(13-24-12-14)21-20(23)22(26-25-21)19(27)11-16-8-5-7-15-6-3-4-9-18(15)16/h3-10,12-13H,2,11,23H2,1H3,(H,25,26). The number of pyridine rings is 1. The Bertz CT molecular complexity index is 1120. The van der Waals surface area contributed by atoms with Gasteiger partial charge in [-0.3, -0.25) is 14.9 Å². The summed E-state index contributed by atoms with van der Waals surface area (Å²) in [4.78, 5) is 17.1. The molecule has 0 radical (unpaired) electrons. The van der Waals surface area contributed by atoms with Crippen molar-refractivity contribution in [2.24, 2.45) is 0 Å². The van der Waals surface area contributed by atoms with Crippen molar-refractivity contribution in [3.8, 4) is 11.3 Å². The minimum Gasteiger partial charge on any atom is -0.395 e. The maximum absolute atomic E-state index is 12.9. The smallest absolute Gasteiger partial charge is 0.189 e. The minimum absolute atomic E-state index is 0.106. The predicted octanol–water partition coefficient (Wildman–Crippen LogP) is 4.19. The van der Waals surface area contributed by atoms with Gasteiger partial charge in [-0.2, -0.15) is 5.10 Å². The van der Waals surface area contributed by atoms with Crippen LogP contribution in [0.3, 0.4) is 0 Å². The van der Waals surface area contributed by atoms with Gasteiger partial charge < -0.3 is 5.73 Å². The second kappa shape index (κ2) is 7.03. The molecule has 27 heavy (non-hydrogen) atoms. The van der Waals surface area contributed by atoms with Crippen LogP contribution < -0.4 is 5.73 Å². The molecule has 5 nitrogen and oxygen atoms in total. The molecule has 0 saturated heterocycles. The molecule has 0 amide bonds. The van der Waals surface area contributed by atoms with E-state index in [1.165, 1.54) is 0 Å². The number of nitrogens with zero attached hydrogens (tertiary/aromatic N) is 2. The van der Waals surface area contributed by atoms with Gasteiger partial charge in [0.2, 0.25) is 0 Å². The zero-order valence-electron chi connectivity index (χ0n) is 15.1. The number of Topliss-reactive ketones (excluding diaryl/α,β-unsaturated/α-hetero) is 1. The average Bonchev–Trinajstić information content (AvgIpc) is 3.10. The van der Waals surface area contributed by atoms with Crippen LogP contribution in [-0.2, 0) is 12.8 Å². The number of hydrogen-bond acceptors (Lipinski definition) is 4. The van der Waals surface area contributed by atoms with Crippen molar-refractivity contribution in [3.63, 3.8) is 0 Å². The van der Waals surface area contributed by atoms with Gasteiger partial charge in [0.05, 0.1) is 11.4 Å². The van der Waals surface area contributed by atoms with Gasteiger partial charge in [0, 0.05) is 24.4 Å². The topological polar surface area (TPSA) is 84.7 Å². The highest BCUT2D eigenvalue weighted by Gasteiger charge is 2.19. The van der Waals surface area contributed by atoms with E-state index >= 15 is 0 Å². The number of ketones is 1. The molecule has 2 aromatic heterocycles. The van der Waals surface area contributed by atoms with Gasteiger partial charge in [0.15, 0.2) is 11.5 Å². The predicted molar refractivity (Wildman–Crippen MR) is 108 cm³/mol.